The molecule has 148 valence electrons. The van der Waals surface area contributed by atoms with E-state index in [0.717, 1.165) is 0 Å². The van der Waals surface area contributed by atoms with Crippen molar-refractivity contribution in [1.29, 1.82) is 5.26 Å². The van der Waals surface area contributed by atoms with Crippen LogP contribution in [-0.2, 0) is 0 Å². The van der Waals surface area contributed by atoms with E-state index < -0.39 is 6.04 Å². The Balaban J connectivity index is 1.75. The molecule has 6 nitrogen and oxygen atoms in total. The highest BCUT2D eigenvalue weighted by atomic mass is 19.1. The fourth-order valence-corrected chi connectivity index (χ4v) is 3.69. The van der Waals surface area contributed by atoms with Crippen LogP contribution in [0, 0.1) is 17.1 Å². The van der Waals surface area contributed by atoms with E-state index in [9.17, 15) is 14.4 Å². The fraction of sp³-hybridized carbons (Fsp3) is 0.0417. The Morgan fingerprint density at radius 2 is 1.68 bits per heavy atom. The predicted octanol–water partition coefficient (Wildman–Crippen LogP) is 5.42. The third kappa shape index (κ3) is 3.11. The van der Waals surface area contributed by atoms with E-state index in [1.54, 1.807) is 12.1 Å². The number of allylic oxidation sites excluding steroid dienone is 1. The first kappa shape index (κ1) is 18.6. The van der Waals surface area contributed by atoms with Crippen LogP contribution < -0.4 is 0 Å². The van der Waals surface area contributed by atoms with Crippen molar-refractivity contribution >= 4 is 33.8 Å². The molecule has 0 N–H and O–H groups in total. The van der Waals surface area contributed by atoms with E-state index in [4.69, 9.17) is 0 Å². The number of hydrogen-bond donors (Lipinski definition) is 0. The van der Waals surface area contributed by atoms with Crippen molar-refractivity contribution < 1.29 is 9.18 Å². The van der Waals surface area contributed by atoms with E-state index in [1.807, 2.05) is 42.5 Å². The molecular formula is C24H14FN5O. The van der Waals surface area contributed by atoms with E-state index in [-0.39, 0.29) is 17.3 Å². The van der Waals surface area contributed by atoms with Gasteiger partial charge in [0, 0.05) is 5.57 Å². The lowest BCUT2D eigenvalue weighted by Crippen LogP contribution is -2.32. The van der Waals surface area contributed by atoms with Gasteiger partial charge in [-0.25, -0.2) is 9.37 Å². The first-order valence-electron chi connectivity index (χ1n) is 9.55. The number of nitriles is 1. The van der Waals surface area contributed by atoms with Crippen molar-refractivity contribution in [1.82, 2.24) is 9.55 Å². The van der Waals surface area contributed by atoms with E-state index in [0.29, 0.717) is 33.7 Å². The Bertz CT molecular complexity index is 1410. The highest BCUT2D eigenvalue weighted by molar-refractivity contribution is 6.14. The molecule has 4 aromatic rings. The predicted molar refractivity (Wildman–Crippen MR) is 114 cm³/mol. The van der Waals surface area contributed by atoms with Gasteiger partial charge in [0.2, 0.25) is 0 Å². The zero-order valence-corrected chi connectivity index (χ0v) is 16.1. The van der Waals surface area contributed by atoms with Crippen LogP contribution in [0.2, 0.25) is 0 Å². The second kappa shape index (κ2) is 7.43. The van der Waals surface area contributed by atoms with Gasteiger partial charge in [0.15, 0.2) is 11.9 Å². The van der Waals surface area contributed by atoms with Crippen molar-refractivity contribution in [2.24, 2.45) is 10.2 Å². The maximum Gasteiger partial charge on any atom is 0.264 e. The molecule has 3 aromatic carbocycles. The molecule has 1 aromatic heterocycles. The zero-order valence-electron chi connectivity index (χ0n) is 16.1. The monoisotopic (exact) mass is 407 g/mol. The lowest BCUT2D eigenvalue weighted by molar-refractivity contribution is 0.0901. The number of carbonyl (C=O) groups excluding carboxylic acids is 1. The van der Waals surface area contributed by atoms with Crippen LogP contribution in [0.3, 0.4) is 0 Å². The number of azo groups is 1. The molecule has 1 unspecified atom stereocenters. The summed E-state index contributed by atoms with van der Waals surface area (Å²) in [6.45, 7) is 0. The van der Waals surface area contributed by atoms with Gasteiger partial charge in [-0.3, -0.25) is 9.36 Å². The van der Waals surface area contributed by atoms with Crippen LogP contribution in [0.25, 0.3) is 22.2 Å². The van der Waals surface area contributed by atoms with E-state index >= 15 is 0 Å². The average Bonchev–Trinajstić information content (AvgIpc) is 3.19. The number of imidazole rings is 1. The fourth-order valence-electron chi connectivity index (χ4n) is 3.69. The van der Waals surface area contributed by atoms with Crippen LogP contribution in [-0.4, -0.2) is 21.5 Å². The molecule has 0 bridgehead atoms. The summed E-state index contributed by atoms with van der Waals surface area (Å²) in [5, 5.41) is 18.5. The average molecular weight is 407 g/mol. The van der Waals surface area contributed by atoms with Crippen LogP contribution in [0.5, 0.6) is 0 Å². The summed E-state index contributed by atoms with van der Waals surface area (Å²) in [5.74, 6) is -0.452. The number of carbonyl (C=O) groups is 1. The Morgan fingerprint density at radius 1 is 0.968 bits per heavy atom. The largest absolute Gasteiger partial charge is 0.271 e. The number of halogens is 1. The minimum atomic E-state index is -1.05. The summed E-state index contributed by atoms with van der Waals surface area (Å²) in [6, 6.07) is 23.0. The number of para-hydroxylation sites is 2. The Kier molecular flexibility index (Phi) is 4.45. The molecule has 0 amide bonds. The summed E-state index contributed by atoms with van der Waals surface area (Å²) in [5.41, 5.74) is 3.02. The van der Waals surface area contributed by atoms with Gasteiger partial charge in [-0.2, -0.15) is 15.5 Å². The number of nitrogens with zero attached hydrogens (tertiary/aromatic N) is 5. The highest BCUT2D eigenvalue weighted by Crippen LogP contribution is 2.37. The van der Waals surface area contributed by atoms with Crippen molar-refractivity contribution in [3.63, 3.8) is 0 Å². The van der Waals surface area contributed by atoms with Crippen molar-refractivity contribution in [3.05, 3.63) is 96.1 Å². The minimum Gasteiger partial charge on any atom is -0.271 e. The van der Waals surface area contributed by atoms with Gasteiger partial charge in [-0.1, -0.05) is 42.5 Å². The molecule has 1 aliphatic heterocycles. The summed E-state index contributed by atoms with van der Waals surface area (Å²) >= 11 is 0. The molecule has 0 saturated heterocycles. The first-order chi connectivity index (χ1) is 15.2. The standard InChI is InChI=1S/C24H14FN5O/c25-16-10-12-17(13-11-16)28-29-22-21(15-6-2-1-3-7-15)18(14-26)23-27-19-8-4-5-9-20(19)30(23)24(22)31/h1-13,22H. The van der Waals surface area contributed by atoms with Crippen LogP contribution in [0.4, 0.5) is 10.1 Å². The van der Waals surface area contributed by atoms with Crippen LogP contribution in [0.1, 0.15) is 16.2 Å². The number of hydrogen-bond acceptors (Lipinski definition) is 5. The molecular weight excluding hydrogens is 393 g/mol. The van der Waals surface area contributed by atoms with Gasteiger partial charge in [-0.15, -0.1) is 0 Å². The molecule has 0 spiro atoms. The van der Waals surface area contributed by atoms with Crippen molar-refractivity contribution in [3.8, 4) is 6.07 Å². The SMILES string of the molecule is N#CC1=C(c2ccccc2)C(N=Nc2ccc(F)cc2)C(=O)n2c1nc1ccccc12. The molecule has 0 radical (unpaired) electrons. The number of rotatable bonds is 3. The smallest absolute Gasteiger partial charge is 0.264 e. The molecule has 5 rings (SSSR count). The normalized spacial score (nSPS) is 16.0. The summed E-state index contributed by atoms with van der Waals surface area (Å²) in [6.07, 6.45) is 0. The zero-order chi connectivity index (χ0) is 21.4. The quantitative estimate of drug-likeness (QED) is 0.425. The molecule has 0 aliphatic carbocycles. The number of aromatic nitrogens is 2. The van der Waals surface area contributed by atoms with Crippen LogP contribution >= 0.6 is 0 Å². The Hall–Kier alpha value is -4.44. The molecule has 0 fully saturated rings. The van der Waals surface area contributed by atoms with Gasteiger partial charge < -0.3 is 0 Å². The molecule has 7 heteroatoms. The second-order valence-electron chi connectivity index (χ2n) is 6.96. The highest BCUT2D eigenvalue weighted by Gasteiger charge is 2.37. The maximum absolute atomic E-state index is 13.6. The molecule has 1 atom stereocenters. The van der Waals surface area contributed by atoms with Gasteiger partial charge >= 0.3 is 0 Å². The third-order valence-corrected chi connectivity index (χ3v) is 5.09. The molecule has 31 heavy (non-hydrogen) atoms. The van der Waals surface area contributed by atoms with Gasteiger partial charge in [-0.05, 0) is 42.0 Å². The van der Waals surface area contributed by atoms with Crippen LogP contribution in [0.15, 0.2) is 89.1 Å². The minimum absolute atomic E-state index is 0.269. The Labute approximate surface area is 176 Å². The van der Waals surface area contributed by atoms with Crippen molar-refractivity contribution in [2.75, 3.05) is 0 Å². The van der Waals surface area contributed by atoms with Crippen molar-refractivity contribution in [2.45, 2.75) is 6.04 Å². The third-order valence-electron chi connectivity index (χ3n) is 5.09. The van der Waals surface area contributed by atoms with Gasteiger partial charge in [0.1, 0.15) is 17.5 Å². The summed E-state index contributed by atoms with van der Waals surface area (Å²) < 4.78 is 14.6. The maximum atomic E-state index is 13.6. The van der Waals surface area contributed by atoms with E-state index in [2.05, 4.69) is 21.3 Å². The van der Waals surface area contributed by atoms with Gasteiger partial charge in [0.05, 0.1) is 16.7 Å². The molecule has 2 heterocycles. The first-order valence-corrected chi connectivity index (χ1v) is 9.55. The number of fused-ring (bicyclic) bond motifs is 3. The molecule has 1 aliphatic rings. The second-order valence-corrected chi connectivity index (χ2v) is 6.96. The lowest BCUT2D eigenvalue weighted by atomic mass is 9.90. The topological polar surface area (TPSA) is 83.4 Å². The van der Waals surface area contributed by atoms with E-state index in [1.165, 1.54) is 28.8 Å². The summed E-state index contributed by atoms with van der Waals surface area (Å²) in [4.78, 5) is 18.1. The summed E-state index contributed by atoms with van der Waals surface area (Å²) in [7, 11) is 0. The lowest BCUT2D eigenvalue weighted by Gasteiger charge is -2.23. The molecule has 0 saturated carbocycles. The van der Waals surface area contributed by atoms with Gasteiger partial charge in [0.25, 0.3) is 5.91 Å². The Morgan fingerprint density at radius 3 is 2.42 bits per heavy atom. The number of benzene rings is 3.